The second kappa shape index (κ2) is 5.62. The van der Waals surface area contributed by atoms with Gasteiger partial charge in [0.05, 0.1) is 17.6 Å². The number of hydrogen-bond donors (Lipinski definition) is 1. The zero-order valence-corrected chi connectivity index (χ0v) is 8.11. The predicted octanol–water partition coefficient (Wildman–Crippen LogP) is 0.0714. The van der Waals surface area contributed by atoms with E-state index in [0.29, 0.717) is 0 Å². The minimum atomic E-state index is -4.20. The minimum absolute atomic E-state index is 0. The van der Waals surface area contributed by atoms with Crippen LogP contribution in [-0.2, 0) is 14.9 Å². The monoisotopic (exact) mass is 240 g/mol. The quantitative estimate of drug-likeness (QED) is 0.449. The van der Waals surface area contributed by atoms with Gasteiger partial charge in [0.2, 0.25) is 0 Å². The first-order valence-electron chi connectivity index (χ1n) is 3.61. The fourth-order valence-electron chi connectivity index (χ4n) is 0.881. The van der Waals surface area contributed by atoms with Crippen LogP contribution >= 0.6 is 0 Å². The van der Waals surface area contributed by atoms with Gasteiger partial charge in [-0.2, -0.15) is 8.42 Å². The molecule has 1 aromatic rings. The first-order valence-corrected chi connectivity index (χ1v) is 5.05. The van der Waals surface area contributed by atoms with Gasteiger partial charge in [-0.25, -0.2) is 4.79 Å². The van der Waals surface area contributed by atoms with Crippen LogP contribution in [0.15, 0.2) is 29.2 Å². The topological polar surface area (TPSA) is 80.7 Å². The van der Waals surface area contributed by atoms with E-state index >= 15 is 0 Å². The number of carbonyl (C=O) groups excluding carboxylic acids is 1. The predicted molar refractivity (Wildman–Crippen MR) is 54.7 cm³/mol. The zero-order valence-electron chi connectivity index (χ0n) is 7.30. The third-order valence-corrected chi connectivity index (χ3v) is 2.44. The summed E-state index contributed by atoms with van der Waals surface area (Å²) in [4.78, 5) is 10.7. The summed E-state index contributed by atoms with van der Waals surface area (Å²) in [7, 11) is -2.98. The first kappa shape index (κ1) is 14.6. The summed E-state index contributed by atoms with van der Waals surface area (Å²) in [6.45, 7) is 0. The molecular weight excluding hydrogens is 231 g/mol. The molecule has 0 heterocycles. The normalized spacial score (nSPS) is 10.3. The molecule has 0 saturated heterocycles. The fourth-order valence-corrected chi connectivity index (χ4v) is 1.36. The first-order chi connectivity index (χ1) is 6.45. The van der Waals surface area contributed by atoms with E-state index in [1.165, 1.54) is 19.2 Å². The second-order valence-corrected chi connectivity index (χ2v) is 3.91. The Morgan fingerprint density at radius 3 is 2.07 bits per heavy atom. The van der Waals surface area contributed by atoms with E-state index in [2.05, 4.69) is 4.74 Å². The van der Waals surface area contributed by atoms with Crippen LogP contribution in [0.3, 0.4) is 0 Å². The van der Waals surface area contributed by atoms with E-state index in [1.807, 2.05) is 0 Å². The summed E-state index contributed by atoms with van der Waals surface area (Å²) in [5.74, 6) is -0.563. The second-order valence-electron chi connectivity index (χ2n) is 2.49. The van der Waals surface area contributed by atoms with Crippen LogP contribution in [0.2, 0.25) is 0 Å². The number of benzene rings is 1. The Hall–Kier alpha value is -0.400. The molecule has 0 saturated carbocycles. The Labute approximate surface area is 109 Å². The molecule has 1 aromatic carbocycles. The van der Waals surface area contributed by atoms with Gasteiger partial charge in [-0.3, -0.25) is 4.55 Å². The van der Waals surface area contributed by atoms with Crippen LogP contribution in [0.25, 0.3) is 0 Å². The van der Waals surface area contributed by atoms with E-state index < -0.39 is 16.1 Å². The number of hydrogen-bond acceptors (Lipinski definition) is 4. The molecule has 0 aliphatic rings. The van der Waals surface area contributed by atoms with Crippen molar-refractivity contribution in [3.8, 4) is 0 Å². The SMILES string of the molecule is COC(=O)c1ccc(S(=O)(=O)O)cc1.[NaH]. The van der Waals surface area contributed by atoms with E-state index in [9.17, 15) is 13.2 Å². The van der Waals surface area contributed by atoms with Gasteiger partial charge in [-0.15, -0.1) is 0 Å². The van der Waals surface area contributed by atoms with Crippen molar-refractivity contribution in [2.45, 2.75) is 4.90 Å². The Morgan fingerprint density at radius 2 is 1.73 bits per heavy atom. The molecule has 0 aromatic heterocycles. The van der Waals surface area contributed by atoms with Crippen LogP contribution in [0.4, 0.5) is 0 Å². The van der Waals surface area contributed by atoms with Crippen molar-refractivity contribution in [2.24, 2.45) is 0 Å². The van der Waals surface area contributed by atoms with Crippen LogP contribution < -0.4 is 0 Å². The molecule has 1 rings (SSSR count). The molecular formula is C8H9NaO5S. The average Bonchev–Trinajstić information content (AvgIpc) is 2.15. The van der Waals surface area contributed by atoms with Crippen molar-refractivity contribution in [3.05, 3.63) is 29.8 Å². The van der Waals surface area contributed by atoms with Crippen molar-refractivity contribution in [3.63, 3.8) is 0 Å². The number of rotatable bonds is 2. The molecule has 1 N–H and O–H groups in total. The molecule has 0 spiro atoms. The van der Waals surface area contributed by atoms with E-state index in [-0.39, 0.29) is 40.0 Å². The molecule has 0 aliphatic carbocycles. The summed E-state index contributed by atoms with van der Waals surface area (Å²) in [5, 5.41) is 0. The molecule has 7 heteroatoms. The van der Waals surface area contributed by atoms with Gasteiger partial charge in [-0.05, 0) is 24.3 Å². The van der Waals surface area contributed by atoms with Gasteiger partial charge in [0.25, 0.3) is 10.1 Å². The Kier molecular flexibility index (Phi) is 5.47. The standard InChI is InChI=1S/C8H8O5S.Na.H/c1-13-8(9)6-2-4-7(5-3-6)14(10,11)12;;/h2-5H,1H3,(H,10,11,12);;. The summed E-state index contributed by atoms with van der Waals surface area (Å²) >= 11 is 0. The molecule has 0 unspecified atom stereocenters. The van der Waals surface area contributed by atoms with Gasteiger partial charge in [0.1, 0.15) is 0 Å². The molecule has 0 amide bonds. The third kappa shape index (κ3) is 3.92. The van der Waals surface area contributed by atoms with Crippen LogP contribution in [0, 0.1) is 0 Å². The van der Waals surface area contributed by atoms with Crippen molar-refractivity contribution < 1.29 is 22.5 Å². The van der Waals surface area contributed by atoms with Crippen molar-refractivity contribution in [1.29, 1.82) is 0 Å². The van der Waals surface area contributed by atoms with Gasteiger partial charge >= 0.3 is 35.5 Å². The molecule has 0 radical (unpaired) electrons. The zero-order chi connectivity index (χ0) is 10.8. The number of methoxy groups -OCH3 is 1. The Morgan fingerprint density at radius 1 is 1.27 bits per heavy atom. The fraction of sp³-hybridized carbons (Fsp3) is 0.125. The maximum atomic E-state index is 10.9. The van der Waals surface area contributed by atoms with E-state index in [1.54, 1.807) is 0 Å². The van der Waals surface area contributed by atoms with E-state index in [0.717, 1.165) is 12.1 Å². The van der Waals surface area contributed by atoms with Crippen molar-refractivity contribution in [1.82, 2.24) is 0 Å². The number of carbonyl (C=O) groups is 1. The summed E-state index contributed by atoms with van der Waals surface area (Å²) in [5.41, 5.74) is 0.222. The van der Waals surface area contributed by atoms with E-state index in [4.69, 9.17) is 4.55 Å². The Balaban J connectivity index is 0.00000196. The number of ether oxygens (including phenoxy) is 1. The molecule has 0 bridgehead atoms. The molecule has 78 valence electrons. The summed E-state index contributed by atoms with van der Waals surface area (Å²) in [6, 6.07) is 4.77. The molecule has 0 fully saturated rings. The molecule has 15 heavy (non-hydrogen) atoms. The van der Waals surface area contributed by atoms with Crippen molar-refractivity contribution in [2.75, 3.05) is 7.11 Å². The molecule has 5 nitrogen and oxygen atoms in total. The van der Waals surface area contributed by atoms with Gasteiger partial charge in [0, 0.05) is 0 Å². The molecule has 0 atom stereocenters. The average molecular weight is 240 g/mol. The summed E-state index contributed by atoms with van der Waals surface area (Å²) < 4.78 is 34.3. The van der Waals surface area contributed by atoms with Gasteiger partial charge in [0.15, 0.2) is 0 Å². The van der Waals surface area contributed by atoms with Crippen LogP contribution in [0.5, 0.6) is 0 Å². The molecule has 0 aliphatic heterocycles. The Bertz CT molecular complexity index is 437. The number of esters is 1. The van der Waals surface area contributed by atoms with Gasteiger partial charge < -0.3 is 4.74 Å². The third-order valence-electron chi connectivity index (χ3n) is 1.57. The van der Waals surface area contributed by atoms with Gasteiger partial charge in [-0.1, -0.05) is 0 Å². The maximum absolute atomic E-state index is 10.9. The van der Waals surface area contributed by atoms with Crippen LogP contribution in [0.1, 0.15) is 10.4 Å². The summed E-state index contributed by atoms with van der Waals surface area (Å²) in [6.07, 6.45) is 0. The van der Waals surface area contributed by atoms with Crippen LogP contribution in [-0.4, -0.2) is 55.6 Å². The van der Waals surface area contributed by atoms with Crippen molar-refractivity contribution >= 4 is 45.6 Å².